The number of halogens is 1. The maximum Gasteiger partial charge on any atom is 0.0477 e. The van der Waals surface area contributed by atoms with E-state index >= 15 is 0 Å². The summed E-state index contributed by atoms with van der Waals surface area (Å²) >= 11 is 3.59. The molecule has 0 aliphatic carbocycles. The molecule has 0 radical (unpaired) electrons. The lowest BCUT2D eigenvalue weighted by atomic mass is 9.98. The van der Waals surface area contributed by atoms with Crippen molar-refractivity contribution in [1.82, 2.24) is 4.90 Å². The van der Waals surface area contributed by atoms with Gasteiger partial charge in [0.1, 0.15) is 0 Å². The molecule has 2 nitrogen and oxygen atoms in total. The van der Waals surface area contributed by atoms with E-state index in [0.717, 1.165) is 24.3 Å². The molecule has 0 bridgehead atoms. The van der Waals surface area contributed by atoms with Crippen LogP contribution >= 0.6 is 15.9 Å². The van der Waals surface area contributed by atoms with Gasteiger partial charge in [0.2, 0.25) is 0 Å². The fraction of sp³-hybridized carbons (Fsp3) is 1.00. The summed E-state index contributed by atoms with van der Waals surface area (Å²) in [6.07, 6.45) is 3.90. The van der Waals surface area contributed by atoms with Crippen molar-refractivity contribution in [3.8, 4) is 0 Å². The predicted molar refractivity (Wildman–Crippen MR) is 64.0 cm³/mol. The van der Waals surface area contributed by atoms with E-state index in [1.165, 1.54) is 25.9 Å². The minimum absolute atomic E-state index is 0.678. The SMILES string of the molecule is COCCC(C)N1CCCC(CBr)C1. The molecule has 0 amide bonds. The van der Waals surface area contributed by atoms with Gasteiger partial charge >= 0.3 is 0 Å². The zero-order chi connectivity index (χ0) is 10.4. The van der Waals surface area contributed by atoms with Gasteiger partial charge in [0.05, 0.1) is 0 Å². The molecule has 0 aromatic heterocycles. The summed E-state index contributed by atoms with van der Waals surface area (Å²) in [7, 11) is 1.78. The first-order valence-electron chi connectivity index (χ1n) is 5.57. The first-order chi connectivity index (χ1) is 6.77. The van der Waals surface area contributed by atoms with Crippen molar-refractivity contribution >= 4 is 15.9 Å². The van der Waals surface area contributed by atoms with Crippen LogP contribution in [0.2, 0.25) is 0 Å². The van der Waals surface area contributed by atoms with E-state index in [1.54, 1.807) is 7.11 Å². The molecule has 84 valence electrons. The van der Waals surface area contributed by atoms with Crippen molar-refractivity contribution in [2.45, 2.75) is 32.2 Å². The molecule has 14 heavy (non-hydrogen) atoms. The highest BCUT2D eigenvalue weighted by Gasteiger charge is 2.22. The number of likely N-dealkylation sites (tertiary alicyclic amines) is 1. The Hall–Kier alpha value is 0.400. The summed E-state index contributed by atoms with van der Waals surface area (Å²) in [6.45, 7) is 5.73. The Morgan fingerprint density at radius 2 is 2.36 bits per heavy atom. The third kappa shape index (κ3) is 3.87. The third-order valence-electron chi connectivity index (χ3n) is 3.13. The first-order valence-corrected chi connectivity index (χ1v) is 6.69. The lowest BCUT2D eigenvalue weighted by Gasteiger charge is -2.36. The fourth-order valence-electron chi connectivity index (χ4n) is 2.09. The molecule has 1 rings (SSSR count). The average molecular weight is 264 g/mol. The van der Waals surface area contributed by atoms with E-state index in [4.69, 9.17) is 4.74 Å². The third-order valence-corrected chi connectivity index (χ3v) is 4.05. The largest absolute Gasteiger partial charge is 0.385 e. The zero-order valence-electron chi connectivity index (χ0n) is 9.34. The van der Waals surface area contributed by atoms with Gasteiger partial charge in [0, 0.05) is 31.6 Å². The van der Waals surface area contributed by atoms with Gasteiger partial charge in [0.15, 0.2) is 0 Å². The highest BCUT2D eigenvalue weighted by molar-refractivity contribution is 9.09. The molecule has 0 spiro atoms. The van der Waals surface area contributed by atoms with Crippen LogP contribution < -0.4 is 0 Å². The Bertz CT molecular complexity index is 154. The van der Waals surface area contributed by atoms with Gasteiger partial charge in [-0.3, -0.25) is 0 Å². The van der Waals surface area contributed by atoms with Gasteiger partial charge in [-0.1, -0.05) is 15.9 Å². The molecule has 1 aliphatic heterocycles. The first kappa shape index (κ1) is 12.5. The number of piperidine rings is 1. The molecule has 2 atom stereocenters. The molecule has 2 unspecified atom stereocenters. The maximum absolute atomic E-state index is 5.12. The Balaban J connectivity index is 2.27. The standard InChI is InChI=1S/C11H22BrNO/c1-10(5-7-14-2)13-6-3-4-11(8-12)9-13/h10-11H,3-9H2,1-2H3. The van der Waals surface area contributed by atoms with Gasteiger partial charge < -0.3 is 9.64 Å². The summed E-state index contributed by atoms with van der Waals surface area (Å²) in [4.78, 5) is 2.61. The summed E-state index contributed by atoms with van der Waals surface area (Å²) < 4.78 is 5.12. The zero-order valence-corrected chi connectivity index (χ0v) is 10.9. The van der Waals surface area contributed by atoms with E-state index in [1.807, 2.05) is 0 Å². The monoisotopic (exact) mass is 263 g/mol. The van der Waals surface area contributed by atoms with Crippen LogP contribution in [-0.2, 0) is 4.74 Å². The quantitative estimate of drug-likeness (QED) is 0.707. The number of hydrogen-bond donors (Lipinski definition) is 0. The van der Waals surface area contributed by atoms with Gasteiger partial charge in [-0.25, -0.2) is 0 Å². The normalized spacial score (nSPS) is 26.4. The summed E-state index contributed by atoms with van der Waals surface area (Å²) in [5.74, 6) is 0.855. The summed E-state index contributed by atoms with van der Waals surface area (Å²) in [5.41, 5.74) is 0. The summed E-state index contributed by atoms with van der Waals surface area (Å²) in [6, 6.07) is 0.678. The van der Waals surface area contributed by atoms with Crippen LogP contribution in [0.4, 0.5) is 0 Å². The lowest BCUT2D eigenvalue weighted by molar-refractivity contribution is 0.105. The highest BCUT2D eigenvalue weighted by Crippen LogP contribution is 2.20. The minimum Gasteiger partial charge on any atom is -0.385 e. The van der Waals surface area contributed by atoms with Crippen LogP contribution in [0, 0.1) is 5.92 Å². The van der Waals surface area contributed by atoms with Crippen LogP contribution in [-0.4, -0.2) is 43.1 Å². The second-order valence-electron chi connectivity index (χ2n) is 4.29. The second-order valence-corrected chi connectivity index (χ2v) is 4.94. The second kappa shape index (κ2) is 6.81. The van der Waals surface area contributed by atoms with Crippen LogP contribution in [0.25, 0.3) is 0 Å². The number of ether oxygens (including phenoxy) is 1. The number of methoxy groups -OCH3 is 1. The van der Waals surface area contributed by atoms with E-state index in [-0.39, 0.29) is 0 Å². The molecule has 3 heteroatoms. The average Bonchev–Trinajstić information content (AvgIpc) is 2.26. The van der Waals surface area contributed by atoms with Gasteiger partial charge in [-0.15, -0.1) is 0 Å². The van der Waals surface area contributed by atoms with Crippen molar-refractivity contribution < 1.29 is 4.74 Å². The molecule has 0 N–H and O–H groups in total. The molecule has 0 aromatic rings. The van der Waals surface area contributed by atoms with Crippen LogP contribution in [0.1, 0.15) is 26.2 Å². The van der Waals surface area contributed by atoms with E-state index < -0.39 is 0 Å². The Kier molecular flexibility index (Phi) is 6.06. The molecule has 0 aromatic carbocycles. The molecule has 1 saturated heterocycles. The van der Waals surface area contributed by atoms with Gasteiger partial charge in [0.25, 0.3) is 0 Å². The topological polar surface area (TPSA) is 12.5 Å². The molecule has 1 heterocycles. The number of rotatable bonds is 5. The van der Waals surface area contributed by atoms with E-state index in [0.29, 0.717) is 6.04 Å². The minimum atomic E-state index is 0.678. The van der Waals surface area contributed by atoms with E-state index in [2.05, 4.69) is 27.8 Å². The molecular formula is C11H22BrNO. The van der Waals surface area contributed by atoms with Gasteiger partial charge in [-0.05, 0) is 38.6 Å². The number of nitrogens with zero attached hydrogens (tertiary/aromatic N) is 1. The Morgan fingerprint density at radius 1 is 1.57 bits per heavy atom. The molecular weight excluding hydrogens is 242 g/mol. The van der Waals surface area contributed by atoms with Crippen molar-refractivity contribution in [2.75, 3.05) is 32.1 Å². The van der Waals surface area contributed by atoms with Gasteiger partial charge in [-0.2, -0.15) is 0 Å². The molecule has 1 aliphatic rings. The van der Waals surface area contributed by atoms with Crippen molar-refractivity contribution in [1.29, 1.82) is 0 Å². The number of hydrogen-bond acceptors (Lipinski definition) is 2. The van der Waals surface area contributed by atoms with Crippen LogP contribution in [0.15, 0.2) is 0 Å². The predicted octanol–water partition coefficient (Wildman–Crippen LogP) is 2.52. The van der Waals surface area contributed by atoms with Crippen molar-refractivity contribution in [2.24, 2.45) is 5.92 Å². The van der Waals surface area contributed by atoms with Crippen molar-refractivity contribution in [3.05, 3.63) is 0 Å². The van der Waals surface area contributed by atoms with Crippen LogP contribution in [0.3, 0.4) is 0 Å². The lowest BCUT2D eigenvalue weighted by Crippen LogP contribution is -2.42. The molecule has 0 saturated carbocycles. The van der Waals surface area contributed by atoms with E-state index in [9.17, 15) is 0 Å². The summed E-state index contributed by atoms with van der Waals surface area (Å²) in [5, 5.41) is 1.15. The Morgan fingerprint density at radius 3 is 3.00 bits per heavy atom. The van der Waals surface area contributed by atoms with Crippen LogP contribution in [0.5, 0.6) is 0 Å². The number of alkyl halides is 1. The van der Waals surface area contributed by atoms with Crippen molar-refractivity contribution in [3.63, 3.8) is 0 Å². The smallest absolute Gasteiger partial charge is 0.0477 e. The molecule has 1 fully saturated rings. The Labute approximate surface area is 96.1 Å². The maximum atomic E-state index is 5.12. The fourth-order valence-corrected chi connectivity index (χ4v) is 2.62. The highest BCUT2D eigenvalue weighted by atomic mass is 79.9.